The van der Waals surface area contributed by atoms with Crippen LogP contribution < -0.4 is 5.32 Å². The molecule has 0 heterocycles. The Morgan fingerprint density at radius 2 is 2.12 bits per heavy atom. The maximum absolute atomic E-state index is 11.7. The minimum Gasteiger partial charge on any atom is -0.468 e. The van der Waals surface area contributed by atoms with Gasteiger partial charge in [0.25, 0.3) is 0 Å². The van der Waals surface area contributed by atoms with Crippen LogP contribution >= 0.6 is 11.6 Å². The summed E-state index contributed by atoms with van der Waals surface area (Å²) in [6.07, 6.45) is -3.89. The zero-order valence-corrected chi connectivity index (χ0v) is 10.1. The molecule has 17 heavy (non-hydrogen) atoms. The second-order valence-corrected chi connectivity index (χ2v) is 3.74. The molecule has 0 aromatic carbocycles. The topological polar surface area (TPSA) is 47.6 Å². The minimum absolute atomic E-state index is 0.00230. The van der Waals surface area contributed by atoms with E-state index < -0.39 is 24.1 Å². The van der Waals surface area contributed by atoms with Crippen molar-refractivity contribution in [2.75, 3.05) is 33.4 Å². The van der Waals surface area contributed by atoms with Crippen molar-refractivity contribution in [2.24, 2.45) is 0 Å². The number of methoxy groups -OCH3 is 1. The fourth-order valence-corrected chi connectivity index (χ4v) is 1.13. The Morgan fingerprint density at radius 3 is 2.65 bits per heavy atom. The van der Waals surface area contributed by atoms with Crippen molar-refractivity contribution in [1.82, 2.24) is 5.32 Å². The molecular formula is C9H15ClF3NO3. The second-order valence-electron chi connectivity index (χ2n) is 3.22. The third kappa shape index (κ3) is 10.3. The van der Waals surface area contributed by atoms with Crippen molar-refractivity contribution in [3.05, 3.63) is 0 Å². The van der Waals surface area contributed by atoms with Crippen LogP contribution in [-0.4, -0.2) is 50.9 Å². The lowest BCUT2D eigenvalue weighted by molar-refractivity contribution is -0.174. The first kappa shape index (κ1) is 16.5. The summed E-state index contributed by atoms with van der Waals surface area (Å²) < 4.78 is 43.7. The van der Waals surface area contributed by atoms with Crippen molar-refractivity contribution < 1.29 is 27.4 Å². The largest absolute Gasteiger partial charge is 0.468 e. The van der Waals surface area contributed by atoms with Crippen molar-refractivity contribution in [3.63, 3.8) is 0 Å². The normalized spacial score (nSPS) is 13.5. The Labute approximate surface area is 102 Å². The summed E-state index contributed by atoms with van der Waals surface area (Å²) in [7, 11) is 1.22. The number of ether oxygens (including phenoxy) is 2. The van der Waals surface area contributed by atoms with Crippen LogP contribution in [0.1, 0.15) is 6.42 Å². The van der Waals surface area contributed by atoms with Crippen molar-refractivity contribution in [2.45, 2.75) is 18.0 Å². The Morgan fingerprint density at radius 1 is 1.47 bits per heavy atom. The smallest absolute Gasteiger partial charge is 0.411 e. The molecule has 0 amide bonds. The molecule has 0 spiro atoms. The predicted molar refractivity (Wildman–Crippen MR) is 56.0 cm³/mol. The lowest BCUT2D eigenvalue weighted by Gasteiger charge is -2.09. The van der Waals surface area contributed by atoms with Crippen molar-refractivity contribution in [1.29, 1.82) is 0 Å². The highest BCUT2D eigenvalue weighted by atomic mass is 35.5. The molecule has 1 unspecified atom stereocenters. The third-order valence-corrected chi connectivity index (χ3v) is 2.02. The lowest BCUT2D eigenvalue weighted by atomic mass is 10.4. The van der Waals surface area contributed by atoms with E-state index in [4.69, 9.17) is 11.6 Å². The summed E-state index contributed by atoms with van der Waals surface area (Å²) in [6.45, 7) is -0.628. The number of esters is 1. The highest BCUT2D eigenvalue weighted by Gasteiger charge is 2.27. The Kier molecular flexibility index (Phi) is 8.28. The molecule has 0 aromatic rings. The lowest BCUT2D eigenvalue weighted by Crippen LogP contribution is -2.31. The molecule has 4 nitrogen and oxygen atoms in total. The van der Waals surface area contributed by atoms with E-state index in [1.807, 2.05) is 0 Å². The minimum atomic E-state index is -4.29. The Balaban J connectivity index is 3.33. The highest BCUT2D eigenvalue weighted by molar-refractivity contribution is 6.30. The molecule has 0 radical (unpaired) electrons. The maximum atomic E-state index is 11.7. The fraction of sp³-hybridized carbons (Fsp3) is 0.889. The van der Waals surface area contributed by atoms with Crippen LogP contribution in [0.25, 0.3) is 0 Å². The number of hydrogen-bond donors (Lipinski definition) is 1. The zero-order chi connectivity index (χ0) is 13.3. The SMILES string of the molecule is COC(=O)C(Cl)CNCCCOCC(F)(F)F. The van der Waals surface area contributed by atoms with E-state index >= 15 is 0 Å². The Hall–Kier alpha value is -0.530. The van der Waals surface area contributed by atoms with E-state index in [0.717, 1.165) is 0 Å². The van der Waals surface area contributed by atoms with E-state index in [-0.39, 0.29) is 13.2 Å². The number of hydrogen-bond acceptors (Lipinski definition) is 4. The van der Waals surface area contributed by atoms with Gasteiger partial charge in [-0.3, -0.25) is 4.79 Å². The van der Waals surface area contributed by atoms with Gasteiger partial charge in [-0.25, -0.2) is 0 Å². The molecule has 0 aliphatic carbocycles. The highest BCUT2D eigenvalue weighted by Crippen LogP contribution is 2.14. The fourth-order valence-electron chi connectivity index (χ4n) is 0.927. The van der Waals surface area contributed by atoms with Gasteiger partial charge in [-0.05, 0) is 13.0 Å². The molecule has 0 saturated carbocycles. The molecule has 102 valence electrons. The van der Waals surface area contributed by atoms with Gasteiger partial charge in [0.05, 0.1) is 7.11 Å². The van der Waals surface area contributed by atoms with Crippen LogP contribution in [0.2, 0.25) is 0 Å². The third-order valence-electron chi connectivity index (χ3n) is 1.69. The summed E-state index contributed by atoms with van der Waals surface area (Å²) >= 11 is 5.61. The molecule has 1 N–H and O–H groups in total. The van der Waals surface area contributed by atoms with Gasteiger partial charge in [-0.1, -0.05) is 0 Å². The van der Waals surface area contributed by atoms with E-state index in [1.54, 1.807) is 0 Å². The first-order valence-electron chi connectivity index (χ1n) is 4.94. The average Bonchev–Trinajstić information content (AvgIpc) is 2.24. The van der Waals surface area contributed by atoms with Crippen LogP contribution in [0.5, 0.6) is 0 Å². The van der Waals surface area contributed by atoms with Gasteiger partial charge >= 0.3 is 12.1 Å². The molecule has 0 rings (SSSR count). The summed E-state index contributed by atoms with van der Waals surface area (Å²) in [5.74, 6) is -0.549. The molecule has 0 bridgehead atoms. The van der Waals surface area contributed by atoms with Gasteiger partial charge in [0, 0.05) is 13.2 Å². The number of carbonyl (C=O) groups excluding carboxylic acids is 1. The first-order chi connectivity index (χ1) is 7.87. The second kappa shape index (κ2) is 8.54. The monoisotopic (exact) mass is 277 g/mol. The number of nitrogens with one attached hydrogen (secondary N) is 1. The van der Waals surface area contributed by atoms with Gasteiger partial charge in [0.2, 0.25) is 0 Å². The van der Waals surface area contributed by atoms with Crippen molar-refractivity contribution >= 4 is 17.6 Å². The van der Waals surface area contributed by atoms with E-state index in [2.05, 4.69) is 14.8 Å². The summed E-state index contributed by atoms with van der Waals surface area (Å²) in [4.78, 5) is 10.8. The van der Waals surface area contributed by atoms with Crippen molar-refractivity contribution in [3.8, 4) is 0 Å². The standard InChI is InChI=1S/C9H15ClF3NO3/c1-16-8(15)7(10)5-14-3-2-4-17-6-9(11,12)13/h7,14H,2-6H2,1H3. The molecule has 0 fully saturated rings. The molecule has 0 aliphatic heterocycles. The molecule has 8 heteroatoms. The zero-order valence-electron chi connectivity index (χ0n) is 9.35. The Bertz CT molecular complexity index is 226. The molecule has 0 aromatic heterocycles. The average molecular weight is 278 g/mol. The van der Waals surface area contributed by atoms with E-state index in [9.17, 15) is 18.0 Å². The van der Waals surface area contributed by atoms with Crippen LogP contribution in [0, 0.1) is 0 Å². The van der Waals surface area contributed by atoms with Crippen LogP contribution in [-0.2, 0) is 14.3 Å². The molecule has 0 aliphatic rings. The summed E-state index contributed by atoms with van der Waals surface area (Å²) in [6, 6.07) is 0. The van der Waals surface area contributed by atoms with Gasteiger partial charge in [-0.2, -0.15) is 13.2 Å². The number of alkyl halides is 4. The molecule has 0 saturated heterocycles. The van der Waals surface area contributed by atoms with Gasteiger partial charge in [-0.15, -0.1) is 11.6 Å². The number of carbonyl (C=O) groups is 1. The van der Waals surface area contributed by atoms with Gasteiger partial charge < -0.3 is 14.8 Å². The van der Waals surface area contributed by atoms with Gasteiger partial charge in [0.1, 0.15) is 12.0 Å². The van der Waals surface area contributed by atoms with Gasteiger partial charge in [0.15, 0.2) is 0 Å². The number of rotatable bonds is 8. The quantitative estimate of drug-likeness (QED) is 0.413. The van der Waals surface area contributed by atoms with Crippen LogP contribution in [0.15, 0.2) is 0 Å². The summed E-state index contributed by atoms with van der Waals surface area (Å²) in [5, 5.41) is 2.01. The van der Waals surface area contributed by atoms with Crippen LogP contribution in [0.4, 0.5) is 13.2 Å². The molecular weight excluding hydrogens is 263 g/mol. The molecule has 1 atom stereocenters. The predicted octanol–water partition coefficient (Wildman–Crippen LogP) is 1.33. The number of halogens is 4. The van der Waals surface area contributed by atoms with E-state index in [1.165, 1.54) is 7.11 Å². The van der Waals surface area contributed by atoms with E-state index in [0.29, 0.717) is 13.0 Å². The first-order valence-corrected chi connectivity index (χ1v) is 5.37. The van der Waals surface area contributed by atoms with Crippen LogP contribution in [0.3, 0.4) is 0 Å². The maximum Gasteiger partial charge on any atom is 0.411 e. The summed E-state index contributed by atoms with van der Waals surface area (Å²) in [5.41, 5.74) is 0.